The van der Waals surface area contributed by atoms with Crippen molar-refractivity contribution in [3.05, 3.63) is 96.8 Å². The van der Waals surface area contributed by atoms with Gasteiger partial charge in [-0.3, -0.25) is 14.6 Å². The van der Waals surface area contributed by atoms with E-state index < -0.39 is 0 Å². The van der Waals surface area contributed by atoms with Gasteiger partial charge in [0.15, 0.2) is 0 Å². The maximum absolute atomic E-state index is 12.4. The van der Waals surface area contributed by atoms with E-state index in [1.165, 1.54) is 18.5 Å². The normalized spacial score (nSPS) is 10.0. The number of aromatic nitrogens is 1. The Hall–Kier alpha value is -3.93. The maximum Gasteiger partial charge on any atom is 0.257 e. The van der Waals surface area contributed by atoms with Gasteiger partial charge in [0.05, 0.1) is 11.1 Å². The van der Waals surface area contributed by atoms with Crippen LogP contribution < -0.4 is 15.4 Å². The largest absolute Gasteiger partial charge is 0.457 e. The average Bonchev–Trinajstić information content (AvgIpc) is 2.74. The minimum absolute atomic E-state index is 0.288. The summed E-state index contributed by atoms with van der Waals surface area (Å²) in [6.45, 7) is 3.88. The van der Waals surface area contributed by atoms with E-state index in [1.54, 1.807) is 30.3 Å². The van der Waals surface area contributed by atoms with E-state index >= 15 is 0 Å². The Morgan fingerprint density at radius 3 is 2.25 bits per heavy atom. The van der Waals surface area contributed by atoms with Gasteiger partial charge >= 0.3 is 0 Å². The molecule has 1 aromatic heterocycles. The van der Waals surface area contributed by atoms with Crippen molar-refractivity contribution in [2.75, 3.05) is 11.9 Å². The highest BCUT2D eigenvalue weighted by atomic mass is 16.5. The van der Waals surface area contributed by atoms with Crippen LogP contribution in [0.4, 0.5) is 5.69 Å². The fourth-order valence-corrected chi connectivity index (χ4v) is 2.39. The first-order valence-corrected chi connectivity index (χ1v) is 8.64. The van der Waals surface area contributed by atoms with Crippen LogP contribution in [0.3, 0.4) is 0 Å². The number of amides is 2. The summed E-state index contributed by atoms with van der Waals surface area (Å²) >= 11 is 0. The lowest BCUT2D eigenvalue weighted by Crippen LogP contribution is -2.24. The Morgan fingerprint density at radius 1 is 0.929 bits per heavy atom. The second kappa shape index (κ2) is 9.14. The zero-order valence-electron chi connectivity index (χ0n) is 15.1. The number of nitrogens with zero attached hydrogens (tertiary/aromatic N) is 1. The third-order valence-corrected chi connectivity index (χ3v) is 3.76. The lowest BCUT2D eigenvalue weighted by Gasteiger charge is -2.09. The molecule has 28 heavy (non-hydrogen) atoms. The van der Waals surface area contributed by atoms with E-state index in [1.807, 2.05) is 30.3 Å². The van der Waals surface area contributed by atoms with Crippen molar-refractivity contribution >= 4 is 17.5 Å². The van der Waals surface area contributed by atoms with Gasteiger partial charge in [-0.05, 0) is 42.5 Å². The molecule has 0 fully saturated rings. The molecule has 0 spiro atoms. The van der Waals surface area contributed by atoms with Crippen LogP contribution in [0.1, 0.15) is 20.7 Å². The van der Waals surface area contributed by atoms with E-state index in [-0.39, 0.29) is 17.4 Å². The molecule has 0 aliphatic rings. The van der Waals surface area contributed by atoms with E-state index in [4.69, 9.17) is 4.74 Å². The number of ether oxygens (including phenoxy) is 1. The number of pyridine rings is 1. The molecule has 3 rings (SSSR count). The summed E-state index contributed by atoms with van der Waals surface area (Å²) in [7, 11) is 0. The number of hydrogen-bond donors (Lipinski definition) is 2. The van der Waals surface area contributed by atoms with Crippen LogP contribution in [-0.2, 0) is 0 Å². The number of rotatable bonds is 7. The molecular formula is C22H19N3O3. The molecule has 0 radical (unpaired) electrons. The fraction of sp³-hybridized carbons (Fsp3) is 0.0455. The molecular weight excluding hydrogens is 354 g/mol. The summed E-state index contributed by atoms with van der Waals surface area (Å²) in [5.41, 5.74) is 1.20. The van der Waals surface area contributed by atoms with Gasteiger partial charge in [0, 0.05) is 24.6 Å². The van der Waals surface area contributed by atoms with Gasteiger partial charge in [-0.1, -0.05) is 24.3 Å². The molecule has 6 nitrogen and oxygen atoms in total. The molecule has 0 saturated carbocycles. The van der Waals surface area contributed by atoms with Crippen molar-refractivity contribution < 1.29 is 14.3 Å². The molecule has 0 aliphatic carbocycles. The minimum Gasteiger partial charge on any atom is -0.457 e. The number of carbonyl (C=O) groups excluding carboxylic acids is 2. The molecule has 0 saturated heterocycles. The molecule has 0 unspecified atom stereocenters. The van der Waals surface area contributed by atoms with Crippen LogP contribution >= 0.6 is 0 Å². The minimum atomic E-state index is -0.359. The van der Waals surface area contributed by atoms with Crippen LogP contribution in [0, 0.1) is 0 Å². The lowest BCUT2D eigenvalue weighted by molar-refractivity contribution is 0.0957. The van der Waals surface area contributed by atoms with Gasteiger partial charge in [-0.25, -0.2) is 0 Å². The average molecular weight is 373 g/mol. The van der Waals surface area contributed by atoms with Gasteiger partial charge in [-0.2, -0.15) is 0 Å². The number of hydrogen-bond acceptors (Lipinski definition) is 4. The Morgan fingerprint density at radius 2 is 1.57 bits per heavy atom. The second-order valence-corrected chi connectivity index (χ2v) is 5.85. The zero-order valence-corrected chi connectivity index (χ0v) is 15.1. The van der Waals surface area contributed by atoms with Crippen LogP contribution in [0.15, 0.2) is 85.7 Å². The van der Waals surface area contributed by atoms with Crippen molar-refractivity contribution in [3.63, 3.8) is 0 Å². The highest BCUT2D eigenvalue weighted by Gasteiger charge is 2.11. The van der Waals surface area contributed by atoms with Gasteiger partial charge in [-0.15, -0.1) is 6.58 Å². The zero-order chi connectivity index (χ0) is 19.8. The first-order valence-electron chi connectivity index (χ1n) is 8.64. The third kappa shape index (κ3) is 5.04. The van der Waals surface area contributed by atoms with Crippen molar-refractivity contribution in [1.29, 1.82) is 0 Å². The Balaban J connectivity index is 1.64. The Kier molecular flexibility index (Phi) is 6.15. The monoisotopic (exact) mass is 373 g/mol. The second-order valence-electron chi connectivity index (χ2n) is 5.85. The number of para-hydroxylation sites is 1. The van der Waals surface area contributed by atoms with Gasteiger partial charge in [0.25, 0.3) is 11.8 Å². The van der Waals surface area contributed by atoms with Gasteiger partial charge < -0.3 is 15.4 Å². The van der Waals surface area contributed by atoms with Crippen molar-refractivity contribution in [2.45, 2.75) is 0 Å². The summed E-state index contributed by atoms with van der Waals surface area (Å²) in [6.07, 6.45) is 4.39. The summed E-state index contributed by atoms with van der Waals surface area (Å²) in [4.78, 5) is 28.4. The van der Waals surface area contributed by atoms with E-state index in [9.17, 15) is 9.59 Å². The Labute approximate surface area is 162 Å². The standard InChI is InChI=1S/C22H19N3O3/c1-2-12-24-21(26)16-13-17(15-23-14-16)22(27)25-18-8-10-20(11-9-18)28-19-6-4-3-5-7-19/h2-11,13-15H,1,12H2,(H,24,26)(H,25,27). The predicted molar refractivity (Wildman–Crippen MR) is 108 cm³/mol. The van der Waals surface area contributed by atoms with E-state index in [0.717, 1.165) is 5.75 Å². The molecule has 2 aromatic carbocycles. The molecule has 0 bridgehead atoms. The van der Waals surface area contributed by atoms with E-state index in [2.05, 4.69) is 22.2 Å². The molecule has 6 heteroatoms. The smallest absolute Gasteiger partial charge is 0.257 e. The van der Waals surface area contributed by atoms with Crippen LogP contribution in [0.5, 0.6) is 11.5 Å². The summed E-state index contributed by atoms with van der Waals surface area (Å²) in [6, 6.07) is 17.9. The number of anilines is 1. The molecule has 0 atom stereocenters. The number of nitrogens with one attached hydrogen (secondary N) is 2. The highest BCUT2D eigenvalue weighted by Crippen LogP contribution is 2.22. The summed E-state index contributed by atoms with van der Waals surface area (Å²) < 4.78 is 5.72. The predicted octanol–water partition coefficient (Wildman–Crippen LogP) is 4.04. The Bertz CT molecular complexity index is 970. The van der Waals surface area contributed by atoms with E-state index in [0.29, 0.717) is 23.5 Å². The summed E-state index contributed by atoms with van der Waals surface area (Å²) in [5.74, 6) is 0.718. The molecule has 2 N–H and O–H groups in total. The van der Waals surface area contributed by atoms with Crippen molar-refractivity contribution in [1.82, 2.24) is 10.3 Å². The van der Waals surface area contributed by atoms with Crippen molar-refractivity contribution in [3.8, 4) is 11.5 Å². The van der Waals surface area contributed by atoms with Crippen LogP contribution in [-0.4, -0.2) is 23.3 Å². The van der Waals surface area contributed by atoms with Crippen molar-refractivity contribution in [2.24, 2.45) is 0 Å². The highest BCUT2D eigenvalue weighted by molar-refractivity contribution is 6.05. The quantitative estimate of drug-likeness (QED) is 0.613. The van der Waals surface area contributed by atoms with Gasteiger partial charge in [0.2, 0.25) is 0 Å². The summed E-state index contributed by atoms with van der Waals surface area (Å²) in [5, 5.41) is 5.42. The maximum atomic E-state index is 12.4. The number of carbonyl (C=O) groups is 2. The first-order chi connectivity index (χ1) is 13.7. The fourth-order valence-electron chi connectivity index (χ4n) is 2.39. The third-order valence-electron chi connectivity index (χ3n) is 3.76. The first kappa shape index (κ1) is 18.8. The number of benzene rings is 2. The van der Waals surface area contributed by atoms with Crippen LogP contribution in [0.2, 0.25) is 0 Å². The van der Waals surface area contributed by atoms with Crippen LogP contribution in [0.25, 0.3) is 0 Å². The van der Waals surface area contributed by atoms with Gasteiger partial charge in [0.1, 0.15) is 11.5 Å². The molecule has 1 heterocycles. The molecule has 140 valence electrons. The molecule has 3 aromatic rings. The molecule has 0 aliphatic heterocycles. The SMILES string of the molecule is C=CCNC(=O)c1cncc(C(=O)Nc2ccc(Oc3ccccc3)cc2)c1. The lowest BCUT2D eigenvalue weighted by atomic mass is 10.2. The topological polar surface area (TPSA) is 80.3 Å². The molecule has 2 amide bonds.